The molecular weight excluding hydrogens is 411 g/mol. The van der Waals surface area contributed by atoms with Gasteiger partial charge in [-0.2, -0.15) is 0 Å². The van der Waals surface area contributed by atoms with Crippen molar-refractivity contribution >= 4 is 40.4 Å². The second-order valence-corrected chi connectivity index (χ2v) is 7.75. The Morgan fingerprint density at radius 3 is 2.72 bits per heavy atom. The van der Waals surface area contributed by atoms with Gasteiger partial charge < -0.3 is 15.0 Å². The van der Waals surface area contributed by atoms with Crippen LogP contribution < -0.4 is 10.2 Å². The van der Waals surface area contributed by atoms with Crippen molar-refractivity contribution in [3.05, 3.63) is 63.5 Å². The van der Waals surface area contributed by atoms with Gasteiger partial charge in [0.25, 0.3) is 5.91 Å². The fraction of sp³-hybridized carbons (Fsp3) is 0.333. The highest BCUT2D eigenvalue weighted by Crippen LogP contribution is 2.27. The molecule has 4 rings (SSSR count). The van der Waals surface area contributed by atoms with Crippen LogP contribution in [-0.4, -0.2) is 41.6 Å². The number of carbonyl (C=O) groups excluding carboxylic acids is 1. The molecule has 1 aliphatic heterocycles. The van der Waals surface area contributed by atoms with Gasteiger partial charge in [-0.3, -0.25) is 9.20 Å². The van der Waals surface area contributed by atoms with Gasteiger partial charge in [0.05, 0.1) is 34.6 Å². The quantitative estimate of drug-likeness (QED) is 0.662. The molecule has 1 aromatic carbocycles. The summed E-state index contributed by atoms with van der Waals surface area (Å²) in [7, 11) is 0. The van der Waals surface area contributed by atoms with Crippen LogP contribution in [0.4, 0.5) is 5.69 Å². The van der Waals surface area contributed by atoms with Crippen molar-refractivity contribution < 1.29 is 9.53 Å². The highest BCUT2D eigenvalue weighted by atomic mass is 35.5. The lowest BCUT2D eigenvalue weighted by Gasteiger charge is -2.29. The number of hydrogen-bond acceptors (Lipinski definition) is 4. The van der Waals surface area contributed by atoms with E-state index in [1.807, 2.05) is 31.2 Å². The summed E-state index contributed by atoms with van der Waals surface area (Å²) < 4.78 is 7.14. The zero-order chi connectivity index (χ0) is 20.4. The summed E-state index contributed by atoms with van der Waals surface area (Å²) in [5.74, 6) is -0.190. The topological polar surface area (TPSA) is 58.9 Å². The number of aromatic nitrogens is 2. The monoisotopic (exact) mass is 432 g/mol. The third kappa shape index (κ3) is 4.20. The zero-order valence-electron chi connectivity index (χ0n) is 16.1. The average molecular weight is 433 g/mol. The summed E-state index contributed by atoms with van der Waals surface area (Å²) in [5.41, 5.74) is 3.89. The summed E-state index contributed by atoms with van der Waals surface area (Å²) in [5, 5.41) is 4.21. The van der Waals surface area contributed by atoms with E-state index in [2.05, 4.69) is 15.2 Å². The predicted molar refractivity (Wildman–Crippen MR) is 115 cm³/mol. The Labute approximate surface area is 179 Å². The zero-order valence-corrected chi connectivity index (χ0v) is 17.6. The minimum Gasteiger partial charge on any atom is -0.378 e. The van der Waals surface area contributed by atoms with Crippen molar-refractivity contribution in [3.63, 3.8) is 0 Å². The van der Waals surface area contributed by atoms with Crippen LogP contribution in [0.1, 0.15) is 28.7 Å². The van der Waals surface area contributed by atoms with Gasteiger partial charge in [0.2, 0.25) is 0 Å². The molecule has 0 radical (unpaired) electrons. The maximum atomic E-state index is 12.9. The molecule has 3 heterocycles. The van der Waals surface area contributed by atoms with E-state index < -0.39 is 0 Å². The molecule has 3 aromatic rings. The van der Waals surface area contributed by atoms with E-state index in [9.17, 15) is 4.79 Å². The van der Waals surface area contributed by atoms with Crippen molar-refractivity contribution in [1.82, 2.24) is 14.7 Å². The number of nitrogens with zero attached hydrogens (tertiary/aromatic N) is 3. The lowest BCUT2D eigenvalue weighted by Crippen LogP contribution is -2.36. The maximum Gasteiger partial charge on any atom is 0.270 e. The number of carbonyl (C=O) groups is 1. The number of nitrogens with one attached hydrogen (secondary N) is 1. The molecule has 0 atom stereocenters. The van der Waals surface area contributed by atoms with Crippen molar-refractivity contribution in [3.8, 4) is 0 Å². The van der Waals surface area contributed by atoms with Crippen LogP contribution in [0.15, 0.2) is 36.5 Å². The summed E-state index contributed by atoms with van der Waals surface area (Å²) in [6.07, 6.45) is 2.37. The molecular formula is C21H22Cl2N4O2. The number of ether oxygens (including phenoxy) is 1. The molecule has 0 bridgehead atoms. The van der Waals surface area contributed by atoms with Crippen LogP contribution in [0, 0.1) is 0 Å². The van der Waals surface area contributed by atoms with Gasteiger partial charge in [-0.25, -0.2) is 4.98 Å². The Bertz CT molecular complexity index is 1040. The van der Waals surface area contributed by atoms with E-state index in [-0.39, 0.29) is 5.91 Å². The molecule has 2 aromatic heterocycles. The SMILES string of the molecule is CCc1nc2ccc(Cl)cn2c1C(=O)NCc1ccc(N2CCOCC2)c(Cl)c1. The number of fused-ring (bicyclic) bond motifs is 1. The summed E-state index contributed by atoms with van der Waals surface area (Å²) in [6, 6.07) is 9.47. The van der Waals surface area contributed by atoms with Gasteiger partial charge in [0, 0.05) is 25.8 Å². The van der Waals surface area contributed by atoms with Crippen molar-refractivity contribution in [2.24, 2.45) is 0 Å². The standard InChI is InChI=1S/C21H22Cl2N4O2/c1-2-17-20(27-13-15(22)4-6-19(27)25-17)21(28)24-12-14-3-5-18(16(23)11-14)26-7-9-29-10-8-26/h3-6,11,13H,2,7-10,12H2,1H3,(H,24,28). The lowest BCUT2D eigenvalue weighted by atomic mass is 10.1. The number of anilines is 1. The second-order valence-electron chi connectivity index (χ2n) is 6.90. The predicted octanol–water partition coefficient (Wildman–Crippen LogP) is 3.97. The van der Waals surface area contributed by atoms with Crippen LogP contribution in [0.2, 0.25) is 10.0 Å². The number of pyridine rings is 1. The van der Waals surface area contributed by atoms with E-state index in [4.69, 9.17) is 27.9 Å². The number of halogens is 2. The van der Waals surface area contributed by atoms with Crippen LogP contribution >= 0.6 is 23.2 Å². The number of rotatable bonds is 5. The summed E-state index contributed by atoms with van der Waals surface area (Å²) in [6.45, 7) is 5.41. The largest absolute Gasteiger partial charge is 0.378 e. The van der Waals surface area contributed by atoms with Crippen LogP contribution in [-0.2, 0) is 17.7 Å². The minimum atomic E-state index is -0.190. The van der Waals surface area contributed by atoms with Gasteiger partial charge in [-0.1, -0.05) is 36.2 Å². The van der Waals surface area contributed by atoms with E-state index in [1.54, 1.807) is 16.7 Å². The third-order valence-electron chi connectivity index (χ3n) is 5.02. The molecule has 29 heavy (non-hydrogen) atoms. The summed E-state index contributed by atoms with van der Waals surface area (Å²) in [4.78, 5) is 19.7. The minimum absolute atomic E-state index is 0.190. The Kier molecular flexibility index (Phi) is 5.94. The fourth-order valence-corrected chi connectivity index (χ4v) is 4.02. The molecule has 8 heteroatoms. The van der Waals surface area contributed by atoms with Gasteiger partial charge in [-0.15, -0.1) is 0 Å². The molecule has 0 saturated carbocycles. The molecule has 1 saturated heterocycles. The molecule has 1 amide bonds. The number of benzene rings is 1. The van der Waals surface area contributed by atoms with Crippen molar-refractivity contribution in [2.45, 2.75) is 19.9 Å². The van der Waals surface area contributed by atoms with Crippen molar-refractivity contribution in [1.29, 1.82) is 0 Å². The fourth-order valence-electron chi connectivity index (χ4n) is 3.54. The first-order chi connectivity index (χ1) is 14.1. The molecule has 1 aliphatic rings. The van der Waals surface area contributed by atoms with E-state index in [0.29, 0.717) is 47.6 Å². The van der Waals surface area contributed by atoms with Gasteiger partial charge in [0.15, 0.2) is 0 Å². The summed E-state index contributed by atoms with van der Waals surface area (Å²) >= 11 is 12.6. The Morgan fingerprint density at radius 2 is 2.00 bits per heavy atom. The first kappa shape index (κ1) is 20.0. The van der Waals surface area contributed by atoms with Gasteiger partial charge in [-0.05, 0) is 36.2 Å². The third-order valence-corrected chi connectivity index (χ3v) is 5.55. The molecule has 0 aliphatic carbocycles. The number of aryl methyl sites for hydroxylation is 1. The number of hydrogen-bond donors (Lipinski definition) is 1. The Hall–Kier alpha value is -2.28. The number of imidazole rings is 1. The molecule has 1 fully saturated rings. The van der Waals surface area contributed by atoms with Crippen LogP contribution in [0.5, 0.6) is 0 Å². The highest BCUT2D eigenvalue weighted by molar-refractivity contribution is 6.33. The second kappa shape index (κ2) is 8.61. The normalized spacial score (nSPS) is 14.4. The van der Waals surface area contributed by atoms with Gasteiger partial charge >= 0.3 is 0 Å². The molecule has 1 N–H and O–H groups in total. The smallest absolute Gasteiger partial charge is 0.270 e. The Balaban J connectivity index is 1.51. The van der Waals surface area contributed by atoms with Crippen LogP contribution in [0.25, 0.3) is 5.65 Å². The maximum absolute atomic E-state index is 12.9. The highest BCUT2D eigenvalue weighted by Gasteiger charge is 2.19. The van der Waals surface area contributed by atoms with Gasteiger partial charge in [0.1, 0.15) is 11.3 Å². The van der Waals surface area contributed by atoms with E-state index >= 15 is 0 Å². The lowest BCUT2D eigenvalue weighted by molar-refractivity contribution is 0.0944. The van der Waals surface area contributed by atoms with Crippen LogP contribution in [0.3, 0.4) is 0 Å². The molecule has 152 valence electrons. The Morgan fingerprint density at radius 1 is 1.21 bits per heavy atom. The molecule has 6 nitrogen and oxygen atoms in total. The first-order valence-electron chi connectivity index (χ1n) is 9.62. The number of amides is 1. The van der Waals surface area contributed by atoms with E-state index in [1.165, 1.54) is 0 Å². The van der Waals surface area contributed by atoms with Crippen molar-refractivity contribution in [2.75, 3.05) is 31.2 Å². The number of morpholine rings is 1. The van der Waals surface area contributed by atoms with E-state index in [0.717, 1.165) is 30.0 Å². The first-order valence-corrected chi connectivity index (χ1v) is 10.4. The average Bonchev–Trinajstić information content (AvgIpc) is 3.10. The molecule has 0 spiro atoms. The molecule has 0 unspecified atom stereocenters.